The van der Waals surface area contributed by atoms with E-state index in [-0.39, 0.29) is 25.2 Å². The second-order valence-corrected chi connectivity index (χ2v) is 19.4. The summed E-state index contributed by atoms with van der Waals surface area (Å²) < 4.78 is 10.7. The molecule has 0 aliphatic rings. The second-order valence-electron chi connectivity index (χ2n) is 19.4. The molecular formula is C56H110O5. The number of carbonyl (C=O) groups excluding carboxylic acids is 2. The molecule has 5 heteroatoms. The van der Waals surface area contributed by atoms with E-state index in [9.17, 15) is 14.7 Å². The molecule has 61 heavy (non-hydrogen) atoms. The van der Waals surface area contributed by atoms with Gasteiger partial charge in [-0.15, -0.1) is 0 Å². The highest BCUT2D eigenvalue weighted by atomic mass is 16.6. The molecule has 1 unspecified atom stereocenters. The van der Waals surface area contributed by atoms with Gasteiger partial charge in [0.2, 0.25) is 0 Å². The third kappa shape index (κ3) is 51.4. The first-order chi connectivity index (χ1) is 30.1. The third-order valence-electron chi connectivity index (χ3n) is 13.2. The monoisotopic (exact) mass is 863 g/mol. The normalized spacial score (nSPS) is 12.0. The Bertz CT molecular complexity index is 845. The number of rotatable bonds is 53. The molecule has 0 fully saturated rings. The Morgan fingerprint density at radius 1 is 0.311 bits per heavy atom. The Morgan fingerprint density at radius 3 is 0.721 bits per heavy atom. The van der Waals surface area contributed by atoms with Crippen LogP contribution in [0.1, 0.15) is 328 Å². The molecule has 0 radical (unpaired) electrons. The van der Waals surface area contributed by atoms with Gasteiger partial charge in [0.15, 0.2) is 6.10 Å². The summed E-state index contributed by atoms with van der Waals surface area (Å²) in [6.07, 6.45) is 63.7. The average molecular weight is 863 g/mol. The topological polar surface area (TPSA) is 72.8 Å². The molecule has 1 atom stereocenters. The summed E-state index contributed by atoms with van der Waals surface area (Å²) in [4.78, 5) is 24.5. The van der Waals surface area contributed by atoms with Crippen LogP contribution in [0.4, 0.5) is 0 Å². The molecule has 0 amide bonds. The second kappa shape index (κ2) is 53.2. The van der Waals surface area contributed by atoms with Crippen molar-refractivity contribution >= 4 is 11.9 Å². The molecule has 0 aromatic heterocycles. The third-order valence-corrected chi connectivity index (χ3v) is 13.2. The summed E-state index contributed by atoms with van der Waals surface area (Å²) in [6.45, 7) is 4.20. The summed E-state index contributed by atoms with van der Waals surface area (Å²) in [6, 6.07) is 0. The number of esters is 2. The lowest BCUT2D eigenvalue weighted by molar-refractivity contribution is -0.161. The maximum atomic E-state index is 12.3. The Hall–Kier alpha value is -1.10. The minimum absolute atomic E-state index is 0.0559. The molecule has 0 heterocycles. The predicted octanol–water partition coefficient (Wildman–Crippen LogP) is 18.6. The van der Waals surface area contributed by atoms with Crippen LogP contribution in [0.5, 0.6) is 0 Å². The average Bonchev–Trinajstić information content (AvgIpc) is 3.26. The number of hydrogen-bond donors (Lipinski definition) is 1. The lowest BCUT2D eigenvalue weighted by Gasteiger charge is -2.15. The van der Waals surface area contributed by atoms with Crippen LogP contribution in [-0.4, -0.2) is 36.4 Å². The van der Waals surface area contributed by atoms with Crippen LogP contribution in [0, 0.1) is 0 Å². The molecule has 0 aromatic rings. The fourth-order valence-corrected chi connectivity index (χ4v) is 8.91. The van der Waals surface area contributed by atoms with Crippen molar-refractivity contribution < 1.29 is 24.2 Å². The van der Waals surface area contributed by atoms with Crippen LogP contribution in [-0.2, 0) is 19.1 Å². The molecule has 1 N–H and O–H groups in total. The zero-order valence-electron chi connectivity index (χ0n) is 41.7. The minimum Gasteiger partial charge on any atom is -0.462 e. The van der Waals surface area contributed by atoms with Crippen LogP contribution in [0.15, 0.2) is 0 Å². The maximum Gasteiger partial charge on any atom is 0.306 e. The Kier molecular flexibility index (Phi) is 52.3. The van der Waals surface area contributed by atoms with Crippen LogP contribution in [0.3, 0.4) is 0 Å². The van der Waals surface area contributed by atoms with E-state index in [4.69, 9.17) is 9.47 Å². The molecule has 0 rings (SSSR count). The predicted molar refractivity (Wildman–Crippen MR) is 266 cm³/mol. The van der Waals surface area contributed by atoms with Gasteiger partial charge in [0.05, 0.1) is 6.61 Å². The molecule has 0 spiro atoms. The molecule has 364 valence electrons. The van der Waals surface area contributed by atoms with Crippen molar-refractivity contribution in [3.8, 4) is 0 Å². The van der Waals surface area contributed by atoms with Crippen LogP contribution in [0.2, 0.25) is 0 Å². The summed E-state index contributed by atoms with van der Waals surface area (Å²) in [5.41, 5.74) is 0. The molecule has 0 aromatic carbocycles. The molecule has 5 nitrogen and oxygen atoms in total. The first-order valence-corrected chi connectivity index (χ1v) is 28.1. The fourth-order valence-electron chi connectivity index (χ4n) is 8.91. The van der Waals surface area contributed by atoms with Crippen molar-refractivity contribution in [2.45, 2.75) is 335 Å². The number of hydrogen-bond acceptors (Lipinski definition) is 5. The van der Waals surface area contributed by atoms with E-state index in [2.05, 4.69) is 13.8 Å². The Balaban J connectivity index is 3.37. The molecule has 0 saturated heterocycles. The van der Waals surface area contributed by atoms with Crippen LogP contribution < -0.4 is 0 Å². The molecule has 0 aliphatic heterocycles. The van der Waals surface area contributed by atoms with Gasteiger partial charge in [-0.25, -0.2) is 0 Å². The fraction of sp³-hybridized carbons (Fsp3) is 0.964. The van der Waals surface area contributed by atoms with Gasteiger partial charge in [0.25, 0.3) is 0 Å². The molecule has 0 saturated carbocycles. The summed E-state index contributed by atoms with van der Waals surface area (Å²) >= 11 is 0. The summed E-state index contributed by atoms with van der Waals surface area (Å²) in [5, 5.41) is 9.64. The van der Waals surface area contributed by atoms with Crippen molar-refractivity contribution in [2.24, 2.45) is 0 Å². The van der Waals surface area contributed by atoms with E-state index >= 15 is 0 Å². The van der Waals surface area contributed by atoms with Crippen molar-refractivity contribution in [3.05, 3.63) is 0 Å². The van der Waals surface area contributed by atoms with Gasteiger partial charge in [-0.1, -0.05) is 303 Å². The van der Waals surface area contributed by atoms with Crippen molar-refractivity contribution in [2.75, 3.05) is 13.2 Å². The quantitative estimate of drug-likeness (QED) is 0.0487. The Labute approximate surface area is 382 Å². The Morgan fingerprint density at radius 2 is 0.508 bits per heavy atom. The van der Waals surface area contributed by atoms with Crippen molar-refractivity contribution in [1.82, 2.24) is 0 Å². The lowest BCUT2D eigenvalue weighted by Crippen LogP contribution is -2.28. The van der Waals surface area contributed by atoms with Gasteiger partial charge in [-0.2, -0.15) is 0 Å². The zero-order valence-corrected chi connectivity index (χ0v) is 41.7. The van der Waals surface area contributed by atoms with Gasteiger partial charge in [-0.3, -0.25) is 9.59 Å². The number of ether oxygens (including phenoxy) is 2. The largest absolute Gasteiger partial charge is 0.462 e. The van der Waals surface area contributed by atoms with Crippen LogP contribution in [0.25, 0.3) is 0 Å². The van der Waals surface area contributed by atoms with Crippen LogP contribution >= 0.6 is 0 Å². The zero-order chi connectivity index (χ0) is 44.2. The minimum atomic E-state index is -0.763. The smallest absolute Gasteiger partial charge is 0.306 e. The first-order valence-electron chi connectivity index (χ1n) is 28.1. The van der Waals surface area contributed by atoms with E-state index in [0.29, 0.717) is 12.8 Å². The van der Waals surface area contributed by atoms with E-state index in [1.165, 1.54) is 270 Å². The van der Waals surface area contributed by atoms with E-state index in [0.717, 1.165) is 32.1 Å². The highest BCUT2D eigenvalue weighted by Gasteiger charge is 2.16. The molecular weight excluding hydrogens is 753 g/mol. The van der Waals surface area contributed by atoms with E-state index in [1.807, 2.05) is 0 Å². The van der Waals surface area contributed by atoms with E-state index < -0.39 is 6.10 Å². The number of unbranched alkanes of at least 4 members (excludes halogenated alkanes) is 45. The number of aliphatic hydroxyl groups excluding tert-OH is 1. The SMILES string of the molecule is CCCCCCCCCCCCCCCCCCCCCCCCCCCCCCCCC(=O)OC(CO)COC(=O)CCCCCCCCCCCCCCCCCCC. The van der Waals surface area contributed by atoms with Gasteiger partial charge in [0.1, 0.15) is 6.61 Å². The molecule has 0 bridgehead atoms. The first kappa shape index (κ1) is 59.9. The number of aliphatic hydroxyl groups is 1. The van der Waals surface area contributed by atoms with Gasteiger partial charge < -0.3 is 14.6 Å². The van der Waals surface area contributed by atoms with Crippen molar-refractivity contribution in [1.29, 1.82) is 0 Å². The van der Waals surface area contributed by atoms with E-state index in [1.54, 1.807) is 0 Å². The highest BCUT2D eigenvalue weighted by molar-refractivity contribution is 5.70. The van der Waals surface area contributed by atoms with Gasteiger partial charge in [0, 0.05) is 12.8 Å². The standard InChI is InChI=1S/C56H110O5/c1-3-5-7-9-11-13-15-17-19-21-22-23-24-25-26-27-28-29-30-31-32-33-35-37-39-41-43-45-47-49-51-56(59)61-54(52-57)53-60-55(58)50-48-46-44-42-40-38-36-34-20-18-16-14-12-10-8-6-4-2/h54,57H,3-53H2,1-2H3. The summed E-state index contributed by atoms with van der Waals surface area (Å²) in [7, 11) is 0. The van der Waals surface area contributed by atoms with Crippen molar-refractivity contribution in [3.63, 3.8) is 0 Å². The van der Waals surface area contributed by atoms with Gasteiger partial charge >= 0.3 is 11.9 Å². The number of carbonyl (C=O) groups is 2. The summed E-state index contributed by atoms with van der Waals surface area (Å²) in [5.74, 6) is -0.565. The van der Waals surface area contributed by atoms with Gasteiger partial charge in [-0.05, 0) is 12.8 Å². The molecule has 0 aliphatic carbocycles. The highest BCUT2D eigenvalue weighted by Crippen LogP contribution is 2.18. The lowest BCUT2D eigenvalue weighted by atomic mass is 10.0. The maximum absolute atomic E-state index is 12.3.